The maximum absolute atomic E-state index is 13.6. The monoisotopic (exact) mass is 797 g/mol. The highest BCUT2D eigenvalue weighted by Crippen LogP contribution is 2.44. The molecule has 58 heavy (non-hydrogen) atoms. The fourth-order valence-corrected chi connectivity index (χ4v) is 8.64. The quantitative estimate of drug-likeness (QED) is 0.0972. The number of nitrogens with one attached hydrogen (secondary N) is 1. The van der Waals surface area contributed by atoms with Crippen molar-refractivity contribution < 1.29 is 42.9 Å². The second-order valence-corrected chi connectivity index (χ2v) is 15.7. The van der Waals surface area contributed by atoms with E-state index in [1.165, 1.54) is 5.39 Å². The van der Waals surface area contributed by atoms with Gasteiger partial charge in [0.05, 0.1) is 58.4 Å². The van der Waals surface area contributed by atoms with Crippen LogP contribution in [0.15, 0.2) is 55.0 Å². The third-order valence-electron chi connectivity index (χ3n) is 12.0. The number of amides is 2. The Kier molecular flexibility index (Phi) is 14.3. The molecule has 3 aliphatic rings. The van der Waals surface area contributed by atoms with Crippen molar-refractivity contribution in [1.82, 2.24) is 24.8 Å². The Labute approximate surface area is 338 Å². The van der Waals surface area contributed by atoms with Crippen LogP contribution in [0.25, 0.3) is 32.9 Å². The Hall–Kier alpha value is -4.60. The molecule has 7 rings (SSSR count). The molecule has 5 heterocycles. The van der Waals surface area contributed by atoms with Gasteiger partial charge in [-0.25, -0.2) is 4.98 Å². The van der Waals surface area contributed by atoms with E-state index < -0.39 is 5.41 Å². The third kappa shape index (κ3) is 10.3. The van der Waals surface area contributed by atoms with E-state index in [4.69, 9.17) is 23.7 Å². The van der Waals surface area contributed by atoms with E-state index in [-0.39, 0.29) is 41.6 Å². The van der Waals surface area contributed by atoms with Gasteiger partial charge in [0.1, 0.15) is 18.2 Å². The number of hydrogen-bond acceptors (Lipinski definition) is 12. The van der Waals surface area contributed by atoms with Crippen LogP contribution in [0.3, 0.4) is 0 Å². The van der Waals surface area contributed by atoms with E-state index in [2.05, 4.69) is 50.0 Å². The first kappa shape index (κ1) is 41.6. The first-order valence-electron chi connectivity index (χ1n) is 20.6. The van der Waals surface area contributed by atoms with Crippen molar-refractivity contribution in [2.24, 2.45) is 24.3 Å². The Morgan fingerprint density at radius 3 is 2.16 bits per heavy atom. The molecule has 2 atom stereocenters. The summed E-state index contributed by atoms with van der Waals surface area (Å²) in [5.41, 5.74) is 3.82. The van der Waals surface area contributed by atoms with E-state index >= 15 is 0 Å². The lowest BCUT2D eigenvalue weighted by Gasteiger charge is -2.44. The molecule has 3 fully saturated rings. The molecule has 1 N–H and O–H groups in total. The van der Waals surface area contributed by atoms with Crippen molar-refractivity contribution in [3.63, 3.8) is 0 Å². The lowest BCUT2D eigenvalue weighted by atomic mass is 9.62. The number of carbonyl (C=O) groups excluding carboxylic acids is 4. The highest BCUT2D eigenvalue weighted by atomic mass is 16.6. The molecular formula is C44H55N5O9. The fraction of sp³-hybridized carbons (Fsp3) is 0.545. The Morgan fingerprint density at radius 1 is 0.759 bits per heavy atom. The average Bonchev–Trinajstić information content (AvgIpc) is 3.52. The summed E-state index contributed by atoms with van der Waals surface area (Å²) in [4.78, 5) is 61.0. The number of piperidine rings is 2. The molecule has 1 aliphatic carbocycles. The van der Waals surface area contributed by atoms with Crippen molar-refractivity contribution in [1.29, 1.82) is 0 Å². The molecule has 1 spiro atoms. The topological polar surface area (TPSA) is 160 Å². The number of imide groups is 1. The van der Waals surface area contributed by atoms with Crippen molar-refractivity contribution in [2.75, 3.05) is 79.1 Å². The lowest BCUT2D eigenvalue weighted by molar-refractivity contribution is -0.147. The fourth-order valence-electron chi connectivity index (χ4n) is 8.64. The molecule has 310 valence electrons. The number of carbonyl (C=O) groups is 4. The number of hydrogen-bond donors (Lipinski definition) is 1. The number of ether oxygens (including phenoxy) is 5. The van der Waals surface area contributed by atoms with Gasteiger partial charge in [0.2, 0.25) is 17.7 Å². The maximum atomic E-state index is 13.6. The van der Waals surface area contributed by atoms with Gasteiger partial charge in [0, 0.05) is 96.6 Å². The molecule has 4 aromatic rings. The van der Waals surface area contributed by atoms with Crippen molar-refractivity contribution in [3.8, 4) is 17.0 Å². The van der Waals surface area contributed by atoms with Crippen LogP contribution in [-0.4, -0.2) is 122 Å². The van der Waals surface area contributed by atoms with Gasteiger partial charge in [-0.15, -0.1) is 0 Å². The predicted molar refractivity (Wildman–Crippen MR) is 216 cm³/mol. The van der Waals surface area contributed by atoms with Crippen LogP contribution in [0.1, 0.15) is 51.4 Å². The Morgan fingerprint density at radius 2 is 1.45 bits per heavy atom. The summed E-state index contributed by atoms with van der Waals surface area (Å²) in [6.07, 6.45) is 9.40. The number of aryl methyl sites for hydroxylation is 1. The van der Waals surface area contributed by atoms with Crippen molar-refractivity contribution in [3.05, 3.63) is 55.0 Å². The second-order valence-electron chi connectivity index (χ2n) is 15.7. The number of rotatable bonds is 20. The zero-order valence-electron chi connectivity index (χ0n) is 33.5. The molecule has 2 unspecified atom stereocenters. The molecule has 14 nitrogen and oxygen atoms in total. The average molecular weight is 798 g/mol. The van der Waals surface area contributed by atoms with Crippen LogP contribution in [0.2, 0.25) is 0 Å². The first-order chi connectivity index (χ1) is 28.3. The lowest BCUT2D eigenvalue weighted by Crippen LogP contribution is -2.51. The summed E-state index contributed by atoms with van der Waals surface area (Å²) in [7, 11) is 2.07. The van der Waals surface area contributed by atoms with Crippen LogP contribution in [0.4, 0.5) is 0 Å². The summed E-state index contributed by atoms with van der Waals surface area (Å²) >= 11 is 0. The number of likely N-dealkylation sites (tertiary alicyclic amines) is 1. The number of ketones is 2. The van der Waals surface area contributed by atoms with E-state index in [9.17, 15) is 19.2 Å². The standard InChI is InChI=1S/C44H55N5O9/c1-48-38-10-13-45-30-37(38)36-7-4-32(27-39(36)48)34-6-9-41(46-29-34)58-25-24-57-23-22-56-21-20-55-19-18-54-17-16-49-14-11-44(12-15-49)28-35(50)26-33(42(44)52)3-2-31-5-8-40(51)47-43(31)53/h4,6-7,9-10,13,27,29-31,33H,2-3,5,8,11-12,14-26,28H2,1H3,(H,47,51,53). The van der Waals surface area contributed by atoms with Crippen LogP contribution >= 0.6 is 0 Å². The number of nitrogens with zero attached hydrogens (tertiary/aromatic N) is 4. The van der Waals surface area contributed by atoms with E-state index in [1.807, 2.05) is 36.8 Å². The van der Waals surface area contributed by atoms with Gasteiger partial charge in [0.15, 0.2) is 0 Å². The molecule has 0 bridgehead atoms. The number of fused-ring (bicyclic) bond motifs is 3. The summed E-state index contributed by atoms with van der Waals surface area (Å²) in [5.74, 6) is -0.202. The van der Waals surface area contributed by atoms with Crippen LogP contribution in [-0.2, 0) is 45.2 Å². The van der Waals surface area contributed by atoms with E-state index in [0.29, 0.717) is 110 Å². The maximum Gasteiger partial charge on any atom is 0.229 e. The van der Waals surface area contributed by atoms with Gasteiger partial charge >= 0.3 is 0 Å². The summed E-state index contributed by atoms with van der Waals surface area (Å²) < 4.78 is 30.6. The van der Waals surface area contributed by atoms with Gasteiger partial charge in [-0.05, 0) is 69.0 Å². The Bertz CT molecular complexity index is 2040. The van der Waals surface area contributed by atoms with E-state index in [0.717, 1.165) is 47.2 Å². The smallest absolute Gasteiger partial charge is 0.229 e. The number of pyridine rings is 2. The zero-order chi connectivity index (χ0) is 40.3. The summed E-state index contributed by atoms with van der Waals surface area (Å²) in [6, 6.07) is 12.4. The number of aromatic nitrogens is 3. The molecule has 2 aliphatic heterocycles. The van der Waals surface area contributed by atoms with E-state index in [1.54, 1.807) is 0 Å². The zero-order valence-corrected chi connectivity index (χ0v) is 33.5. The normalized spacial score (nSPS) is 20.0. The molecule has 1 saturated carbocycles. The van der Waals surface area contributed by atoms with Gasteiger partial charge in [0.25, 0.3) is 0 Å². The van der Waals surface area contributed by atoms with Crippen molar-refractivity contribution in [2.45, 2.75) is 51.4 Å². The molecule has 0 radical (unpaired) electrons. The third-order valence-corrected chi connectivity index (χ3v) is 12.0. The van der Waals surface area contributed by atoms with Gasteiger partial charge in [-0.3, -0.25) is 29.5 Å². The van der Waals surface area contributed by atoms with Crippen LogP contribution in [0, 0.1) is 17.3 Å². The molecular weight excluding hydrogens is 743 g/mol. The highest BCUT2D eigenvalue weighted by Gasteiger charge is 2.49. The highest BCUT2D eigenvalue weighted by molar-refractivity contribution is 6.08. The SMILES string of the molecule is Cn1c2ccncc2c2ccc(-c3ccc(OCCOCCOCCOCCOCCN4CCC5(CC4)CC(=O)CC(CCC4CCC(=O)NC4=O)C5=O)nc3)cc21. The van der Waals surface area contributed by atoms with Gasteiger partial charge in [-0.2, -0.15) is 0 Å². The predicted octanol–water partition coefficient (Wildman–Crippen LogP) is 4.70. The molecule has 2 amide bonds. The minimum absolute atomic E-state index is 0.145. The summed E-state index contributed by atoms with van der Waals surface area (Å²) in [6.45, 7) is 6.47. The first-order valence-corrected chi connectivity index (χ1v) is 20.6. The minimum atomic E-state index is -0.583. The van der Waals surface area contributed by atoms with Gasteiger partial charge in [-0.1, -0.05) is 12.1 Å². The second kappa shape index (κ2) is 19.9. The van der Waals surface area contributed by atoms with Crippen LogP contribution in [0.5, 0.6) is 5.88 Å². The summed E-state index contributed by atoms with van der Waals surface area (Å²) in [5, 5.41) is 4.71. The van der Waals surface area contributed by atoms with Crippen molar-refractivity contribution >= 4 is 45.2 Å². The van der Waals surface area contributed by atoms with Crippen LogP contribution < -0.4 is 10.1 Å². The largest absolute Gasteiger partial charge is 0.475 e. The molecule has 3 aromatic heterocycles. The Balaban J connectivity index is 0.676. The number of benzene rings is 1. The number of Topliss-reactive ketones (excluding diaryl/α,β-unsaturated/α-hetero) is 2. The molecule has 14 heteroatoms. The van der Waals surface area contributed by atoms with Gasteiger partial charge < -0.3 is 33.2 Å². The molecule has 1 aromatic carbocycles. The molecule has 2 saturated heterocycles. The minimum Gasteiger partial charge on any atom is -0.475 e.